The minimum atomic E-state index is 0.174. The molecule has 2 nitrogen and oxygen atoms in total. The van der Waals surface area contributed by atoms with Crippen molar-refractivity contribution in [3.8, 4) is 11.5 Å². The predicted octanol–water partition coefficient (Wildman–Crippen LogP) is 4.39. The van der Waals surface area contributed by atoms with Crippen LogP contribution in [0.3, 0.4) is 0 Å². The number of rotatable bonds is 0. The van der Waals surface area contributed by atoms with Crippen LogP contribution in [0.2, 0.25) is 0 Å². The molecule has 2 heteroatoms. The zero-order valence-electron chi connectivity index (χ0n) is 12.0. The van der Waals surface area contributed by atoms with E-state index >= 15 is 0 Å². The molecule has 102 valence electrons. The third-order valence-corrected chi connectivity index (χ3v) is 2.85. The predicted molar refractivity (Wildman–Crippen MR) is 79.7 cm³/mol. The zero-order chi connectivity index (χ0) is 14.5. The van der Waals surface area contributed by atoms with Crippen molar-refractivity contribution in [3.05, 3.63) is 59.7 Å². The van der Waals surface area contributed by atoms with Gasteiger partial charge in [0.05, 0.1) is 0 Å². The molecule has 0 aliphatic heterocycles. The summed E-state index contributed by atoms with van der Waals surface area (Å²) < 4.78 is 0. The van der Waals surface area contributed by atoms with Crippen molar-refractivity contribution >= 4 is 0 Å². The van der Waals surface area contributed by atoms with Crippen LogP contribution in [0.4, 0.5) is 0 Å². The maximum Gasteiger partial charge on any atom is 0.118 e. The van der Waals surface area contributed by atoms with E-state index in [2.05, 4.69) is 20.8 Å². The van der Waals surface area contributed by atoms with Crippen molar-refractivity contribution in [1.29, 1.82) is 0 Å². The highest BCUT2D eigenvalue weighted by molar-refractivity contribution is 5.30. The third-order valence-electron chi connectivity index (χ3n) is 2.85. The molecule has 0 heterocycles. The summed E-state index contributed by atoms with van der Waals surface area (Å²) in [6.45, 7) is 8.33. The molecule has 0 aromatic heterocycles. The van der Waals surface area contributed by atoms with Gasteiger partial charge in [-0.3, -0.25) is 0 Å². The van der Waals surface area contributed by atoms with Crippen LogP contribution in [0.25, 0.3) is 0 Å². The number of para-hydroxylation sites is 1. The van der Waals surface area contributed by atoms with Crippen LogP contribution in [0.5, 0.6) is 11.5 Å². The highest BCUT2D eigenvalue weighted by Crippen LogP contribution is 2.23. The van der Waals surface area contributed by atoms with Crippen LogP contribution in [0.1, 0.15) is 31.9 Å². The van der Waals surface area contributed by atoms with Gasteiger partial charge in [-0.1, -0.05) is 51.1 Å². The second-order valence-electron chi connectivity index (χ2n) is 5.58. The fraction of sp³-hybridized carbons (Fsp3) is 0.294. The molecule has 0 spiro atoms. The summed E-state index contributed by atoms with van der Waals surface area (Å²) in [5.74, 6) is 0.700. The van der Waals surface area contributed by atoms with Gasteiger partial charge in [0.25, 0.3) is 0 Å². The van der Waals surface area contributed by atoms with Crippen LogP contribution in [-0.2, 0) is 5.41 Å². The Kier molecular flexibility index (Phi) is 4.99. The first-order valence-electron chi connectivity index (χ1n) is 6.35. The largest absolute Gasteiger partial charge is 0.508 e. The molecular formula is C17H22O2. The first-order valence-corrected chi connectivity index (χ1v) is 6.35. The zero-order valence-corrected chi connectivity index (χ0v) is 12.0. The number of aryl methyl sites for hydroxylation is 1. The lowest BCUT2D eigenvalue weighted by atomic mass is 9.87. The Bertz CT molecular complexity index is 487. The molecule has 0 radical (unpaired) electrons. The number of phenolic OH excluding ortho intramolecular Hbond substituents is 2. The highest BCUT2D eigenvalue weighted by atomic mass is 16.3. The van der Waals surface area contributed by atoms with Gasteiger partial charge in [0.1, 0.15) is 11.5 Å². The van der Waals surface area contributed by atoms with E-state index in [1.807, 2.05) is 37.3 Å². The van der Waals surface area contributed by atoms with Gasteiger partial charge in [0.2, 0.25) is 0 Å². The SMILES string of the molecule is CC(C)(C)c1ccc(O)cc1.Cc1ccccc1O. The highest BCUT2D eigenvalue weighted by Gasteiger charge is 2.12. The summed E-state index contributed by atoms with van der Waals surface area (Å²) in [5.41, 5.74) is 2.34. The fourth-order valence-corrected chi connectivity index (χ4v) is 1.52. The van der Waals surface area contributed by atoms with Crippen molar-refractivity contribution in [2.24, 2.45) is 0 Å². The van der Waals surface area contributed by atoms with Crippen molar-refractivity contribution in [3.63, 3.8) is 0 Å². The van der Waals surface area contributed by atoms with Crippen LogP contribution in [-0.4, -0.2) is 10.2 Å². The summed E-state index contributed by atoms with van der Waals surface area (Å²) in [4.78, 5) is 0. The Morgan fingerprint density at radius 1 is 0.789 bits per heavy atom. The quantitative estimate of drug-likeness (QED) is 0.735. The minimum Gasteiger partial charge on any atom is -0.508 e. The Labute approximate surface area is 115 Å². The molecule has 19 heavy (non-hydrogen) atoms. The number of benzene rings is 2. The molecule has 2 rings (SSSR count). The van der Waals surface area contributed by atoms with Gasteiger partial charge in [-0.05, 0) is 41.7 Å². The maximum atomic E-state index is 9.02. The molecule has 0 saturated carbocycles. The Morgan fingerprint density at radius 3 is 1.68 bits per heavy atom. The Balaban J connectivity index is 0.000000200. The summed E-state index contributed by atoms with van der Waals surface area (Å²) in [6, 6.07) is 14.6. The van der Waals surface area contributed by atoms with Crippen LogP contribution >= 0.6 is 0 Å². The molecule has 0 saturated heterocycles. The first-order chi connectivity index (χ1) is 8.80. The molecule has 0 fully saturated rings. The second kappa shape index (κ2) is 6.28. The third kappa shape index (κ3) is 5.04. The number of phenols is 2. The fourth-order valence-electron chi connectivity index (χ4n) is 1.52. The molecule has 0 aliphatic carbocycles. The Morgan fingerprint density at radius 2 is 1.32 bits per heavy atom. The molecule has 0 atom stereocenters. The summed E-state index contributed by atoms with van der Waals surface area (Å²) >= 11 is 0. The van der Waals surface area contributed by atoms with E-state index in [0.29, 0.717) is 11.5 Å². The van der Waals surface area contributed by atoms with Gasteiger partial charge >= 0.3 is 0 Å². The van der Waals surface area contributed by atoms with Gasteiger partial charge in [-0.25, -0.2) is 0 Å². The first kappa shape index (κ1) is 15.1. The smallest absolute Gasteiger partial charge is 0.118 e. The van der Waals surface area contributed by atoms with Gasteiger partial charge in [0, 0.05) is 0 Å². The molecule has 2 aromatic carbocycles. The van der Waals surface area contributed by atoms with Crippen molar-refractivity contribution in [2.45, 2.75) is 33.1 Å². The molecule has 0 unspecified atom stereocenters. The molecular weight excluding hydrogens is 236 g/mol. The van der Waals surface area contributed by atoms with E-state index in [1.165, 1.54) is 5.56 Å². The average molecular weight is 258 g/mol. The van der Waals surface area contributed by atoms with Gasteiger partial charge in [-0.2, -0.15) is 0 Å². The van der Waals surface area contributed by atoms with E-state index < -0.39 is 0 Å². The topological polar surface area (TPSA) is 40.5 Å². The number of hydrogen-bond acceptors (Lipinski definition) is 2. The number of aromatic hydroxyl groups is 2. The van der Waals surface area contributed by atoms with E-state index in [0.717, 1.165) is 5.56 Å². The molecule has 0 aliphatic rings. The Hall–Kier alpha value is -1.96. The average Bonchev–Trinajstić information content (AvgIpc) is 2.33. The van der Waals surface area contributed by atoms with E-state index in [4.69, 9.17) is 10.2 Å². The normalized spacial score (nSPS) is 10.5. The van der Waals surface area contributed by atoms with Gasteiger partial charge in [0.15, 0.2) is 0 Å². The second-order valence-corrected chi connectivity index (χ2v) is 5.58. The monoisotopic (exact) mass is 258 g/mol. The molecule has 2 aromatic rings. The van der Waals surface area contributed by atoms with Crippen LogP contribution < -0.4 is 0 Å². The van der Waals surface area contributed by atoms with Gasteiger partial charge in [-0.15, -0.1) is 0 Å². The van der Waals surface area contributed by atoms with Crippen molar-refractivity contribution in [1.82, 2.24) is 0 Å². The summed E-state index contributed by atoms with van der Waals surface area (Å²) in [7, 11) is 0. The number of hydrogen-bond donors (Lipinski definition) is 2. The van der Waals surface area contributed by atoms with Gasteiger partial charge < -0.3 is 10.2 Å². The lowest BCUT2D eigenvalue weighted by molar-refractivity contribution is 0.471. The molecule has 2 N–H and O–H groups in total. The van der Waals surface area contributed by atoms with E-state index in [-0.39, 0.29) is 5.41 Å². The van der Waals surface area contributed by atoms with Crippen LogP contribution in [0.15, 0.2) is 48.5 Å². The van der Waals surface area contributed by atoms with Crippen molar-refractivity contribution in [2.75, 3.05) is 0 Å². The molecule has 0 bridgehead atoms. The lowest BCUT2D eigenvalue weighted by Gasteiger charge is -2.18. The van der Waals surface area contributed by atoms with Crippen LogP contribution in [0, 0.1) is 6.92 Å². The summed E-state index contributed by atoms with van der Waals surface area (Å²) in [6.07, 6.45) is 0. The van der Waals surface area contributed by atoms with Crippen molar-refractivity contribution < 1.29 is 10.2 Å². The maximum absolute atomic E-state index is 9.02. The minimum absolute atomic E-state index is 0.174. The lowest BCUT2D eigenvalue weighted by Crippen LogP contribution is -2.10. The summed E-state index contributed by atoms with van der Waals surface area (Å²) in [5, 5.41) is 17.9. The standard InChI is InChI=1S/C10H14O.C7H8O/c1-10(2,3)8-4-6-9(11)7-5-8;1-6-4-2-3-5-7(6)8/h4-7,11H,1-3H3;2-5,8H,1H3. The van der Waals surface area contributed by atoms with E-state index in [1.54, 1.807) is 18.2 Å². The molecule has 0 amide bonds. The van der Waals surface area contributed by atoms with E-state index in [9.17, 15) is 0 Å².